The minimum atomic E-state index is -2.64. The molecule has 0 saturated carbocycles. The molecular weight excluding hydrogens is 152 g/mol. The first-order chi connectivity index (χ1) is 4.56. The molecule has 0 aromatic heterocycles. The van der Waals surface area contributed by atoms with E-state index in [0.29, 0.717) is 0 Å². The highest BCUT2D eigenvalue weighted by Crippen LogP contribution is 1.94. The van der Waals surface area contributed by atoms with Crippen LogP contribution in [-0.4, -0.2) is 37.7 Å². The van der Waals surface area contributed by atoms with E-state index in [0.717, 1.165) is 12.5 Å². The predicted octanol–water partition coefficient (Wildman–Crippen LogP) is -1.45. The Morgan fingerprint density at radius 2 is 2.00 bits per heavy atom. The molecule has 0 atom stereocenters. The topological polar surface area (TPSA) is 69.9 Å². The molecule has 0 radical (unpaired) electrons. The summed E-state index contributed by atoms with van der Waals surface area (Å²) in [7, 11) is -0.649. The Hall–Kier alpha value is 0.0569. The van der Waals surface area contributed by atoms with Gasteiger partial charge in [-0.05, 0) is 6.04 Å². The Morgan fingerprint density at radius 3 is 2.40 bits per heavy atom. The Kier molecular flexibility index (Phi) is 4.84. The van der Waals surface area contributed by atoms with E-state index in [4.69, 9.17) is 19.7 Å². The van der Waals surface area contributed by atoms with Crippen molar-refractivity contribution in [2.45, 2.75) is 25.4 Å². The highest BCUT2D eigenvalue weighted by Gasteiger charge is 2.16. The van der Waals surface area contributed by atoms with Gasteiger partial charge in [0.25, 0.3) is 5.97 Å². The van der Waals surface area contributed by atoms with Crippen molar-refractivity contribution < 1.29 is 19.7 Å². The van der Waals surface area contributed by atoms with E-state index in [1.807, 2.05) is 6.92 Å². The monoisotopic (exact) mass is 166 g/mol. The van der Waals surface area contributed by atoms with E-state index in [-0.39, 0.29) is 6.61 Å². The predicted molar refractivity (Wildman–Crippen MR) is 39.0 cm³/mol. The lowest BCUT2D eigenvalue weighted by Gasteiger charge is -2.13. The van der Waals surface area contributed by atoms with Crippen molar-refractivity contribution in [3.63, 3.8) is 0 Å². The first-order valence-corrected chi connectivity index (χ1v) is 4.89. The summed E-state index contributed by atoms with van der Waals surface area (Å²) in [5, 5.41) is 25.0. The van der Waals surface area contributed by atoms with Crippen LogP contribution in [0.5, 0.6) is 0 Å². The van der Waals surface area contributed by atoms with E-state index >= 15 is 0 Å². The summed E-state index contributed by atoms with van der Waals surface area (Å²) in [5.74, 6) is -2.64. The van der Waals surface area contributed by atoms with Crippen LogP contribution in [0.4, 0.5) is 0 Å². The first kappa shape index (κ1) is 10.1. The van der Waals surface area contributed by atoms with Crippen LogP contribution < -0.4 is 0 Å². The fourth-order valence-electron chi connectivity index (χ4n) is 0.455. The van der Waals surface area contributed by atoms with Gasteiger partial charge < -0.3 is 19.7 Å². The van der Waals surface area contributed by atoms with Crippen molar-refractivity contribution in [2.24, 2.45) is 0 Å². The lowest BCUT2D eigenvalue weighted by molar-refractivity contribution is -0.322. The molecule has 0 spiro atoms. The van der Waals surface area contributed by atoms with Crippen LogP contribution in [0.2, 0.25) is 6.04 Å². The van der Waals surface area contributed by atoms with Crippen molar-refractivity contribution in [3.8, 4) is 0 Å². The van der Waals surface area contributed by atoms with Crippen LogP contribution in [0, 0.1) is 0 Å². The molecular formula is C5H14O4Si. The van der Waals surface area contributed by atoms with Gasteiger partial charge in [-0.2, -0.15) is 0 Å². The fourth-order valence-corrected chi connectivity index (χ4v) is 1.37. The second kappa shape index (κ2) is 4.81. The minimum absolute atomic E-state index is 0.390. The minimum Gasteiger partial charge on any atom is -0.416 e. The lowest BCUT2D eigenvalue weighted by Crippen LogP contribution is -2.33. The van der Waals surface area contributed by atoms with Crippen molar-refractivity contribution in [2.75, 3.05) is 6.61 Å². The molecule has 0 bridgehead atoms. The van der Waals surface area contributed by atoms with Crippen LogP contribution in [0.1, 0.15) is 13.3 Å². The summed E-state index contributed by atoms with van der Waals surface area (Å²) >= 11 is 0. The molecule has 5 heteroatoms. The summed E-state index contributed by atoms with van der Waals surface area (Å²) in [5.41, 5.74) is 0. The number of rotatable bonds is 5. The molecule has 4 nitrogen and oxygen atoms in total. The third-order valence-electron chi connectivity index (χ3n) is 0.938. The third-order valence-corrected chi connectivity index (χ3v) is 2.43. The van der Waals surface area contributed by atoms with Crippen LogP contribution in [0.25, 0.3) is 0 Å². The van der Waals surface area contributed by atoms with Crippen molar-refractivity contribution in [1.29, 1.82) is 0 Å². The molecule has 0 aromatic carbocycles. The van der Waals surface area contributed by atoms with Crippen LogP contribution in [0.15, 0.2) is 0 Å². The van der Waals surface area contributed by atoms with Gasteiger partial charge in [0.2, 0.25) is 0 Å². The molecule has 0 amide bonds. The Labute approximate surface area is 62.4 Å². The number of hydrogen-bond donors (Lipinski definition) is 3. The zero-order chi connectivity index (χ0) is 8.04. The maximum Gasteiger partial charge on any atom is 0.298 e. The van der Waals surface area contributed by atoms with E-state index in [1.165, 1.54) is 0 Å². The summed E-state index contributed by atoms with van der Waals surface area (Å²) < 4.78 is 4.83. The van der Waals surface area contributed by atoms with E-state index < -0.39 is 15.7 Å². The smallest absolute Gasteiger partial charge is 0.298 e. The zero-order valence-corrected chi connectivity index (χ0v) is 7.49. The van der Waals surface area contributed by atoms with Crippen molar-refractivity contribution >= 4 is 9.76 Å². The molecule has 0 aliphatic carbocycles. The molecule has 0 fully saturated rings. The summed E-state index contributed by atoms with van der Waals surface area (Å²) in [6, 6.07) is 0.996. The van der Waals surface area contributed by atoms with Gasteiger partial charge in [-0.15, -0.1) is 0 Å². The summed E-state index contributed by atoms with van der Waals surface area (Å²) in [6.07, 6.45) is 1.04. The quantitative estimate of drug-likeness (QED) is 0.265. The lowest BCUT2D eigenvalue weighted by atomic mass is 10.6. The van der Waals surface area contributed by atoms with Crippen molar-refractivity contribution in [3.05, 3.63) is 0 Å². The molecule has 0 aromatic rings. The van der Waals surface area contributed by atoms with Gasteiger partial charge >= 0.3 is 0 Å². The summed E-state index contributed by atoms with van der Waals surface area (Å²) in [4.78, 5) is 0. The van der Waals surface area contributed by atoms with Gasteiger partial charge in [0.05, 0.1) is 0 Å². The molecule has 0 unspecified atom stereocenters. The second-order valence-corrected chi connectivity index (χ2v) is 3.70. The summed E-state index contributed by atoms with van der Waals surface area (Å²) in [6.45, 7) is 1.64. The maximum atomic E-state index is 8.33. The van der Waals surface area contributed by atoms with Gasteiger partial charge in [0, 0.05) is 0 Å². The Morgan fingerprint density at radius 1 is 1.40 bits per heavy atom. The molecule has 62 valence electrons. The van der Waals surface area contributed by atoms with Crippen LogP contribution >= 0.6 is 0 Å². The average Bonchev–Trinajstić information content (AvgIpc) is 1.78. The largest absolute Gasteiger partial charge is 0.416 e. The highest BCUT2D eigenvalue weighted by atomic mass is 28.2. The normalized spacial score (nSPS) is 13.2. The van der Waals surface area contributed by atoms with Gasteiger partial charge in [0.15, 0.2) is 9.76 Å². The van der Waals surface area contributed by atoms with E-state index in [2.05, 4.69) is 0 Å². The number of aliphatic hydroxyl groups is 3. The third kappa shape index (κ3) is 8.06. The van der Waals surface area contributed by atoms with Gasteiger partial charge in [-0.25, -0.2) is 0 Å². The zero-order valence-electron chi connectivity index (χ0n) is 6.08. The van der Waals surface area contributed by atoms with Crippen LogP contribution in [0.3, 0.4) is 0 Å². The SMILES string of the molecule is CCC[SiH2]OCC(O)(O)O. The highest BCUT2D eigenvalue weighted by molar-refractivity contribution is 6.26. The molecule has 0 heterocycles. The van der Waals surface area contributed by atoms with Gasteiger partial charge in [-0.1, -0.05) is 13.3 Å². The Balaban J connectivity index is 3.04. The molecule has 10 heavy (non-hydrogen) atoms. The molecule has 0 aliphatic heterocycles. The Bertz CT molecular complexity index is 80.2. The molecule has 0 rings (SSSR count). The molecule has 0 saturated heterocycles. The van der Waals surface area contributed by atoms with Crippen molar-refractivity contribution in [1.82, 2.24) is 0 Å². The average molecular weight is 166 g/mol. The van der Waals surface area contributed by atoms with Gasteiger partial charge in [0.1, 0.15) is 6.61 Å². The number of hydrogen-bond acceptors (Lipinski definition) is 4. The fraction of sp³-hybridized carbons (Fsp3) is 1.00. The molecule has 3 N–H and O–H groups in total. The maximum absolute atomic E-state index is 8.33. The van der Waals surface area contributed by atoms with E-state index in [9.17, 15) is 0 Å². The molecule has 0 aliphatic rings. The van der Waals surface area contributed by atoms with Crippen LogP contribution in [-0.2, 0) is 4.43 Å². The first-order valence-electron chi connectivity index (χ1n) is 3.31. The van der Waals surface area contributed by atoms with Gasteiger partial charge in [-0.3, -0.25) is 0 Å². The second-order valence-electron chi connectivity index (χ2n) is 2.18. The van der Waals surface area contributed by atoms with E-state index in [1.54, 1.807) is 0 Å². The standard InChI is InChI=1S/C5H14O4Si/c1-2-3-10-9-4-5(6,7)8/h6-8H,2-4,10H2,1H3.